The second kappa shape index (κ2) is 5.65. The maximum atomic E-state index is 12.4. The molecule has 0 heterocycles. The van der Waals surface area contributed by atoms with Gasteiger partial charge in [-0.2, -0.15) is 0 Å². The van der Waals surface area contributed by atoms with Crippen molar-refractivity contribution in [1.82, 2.24) is 0 Å². The third-order valence-corrected chi connectivity index (χ3v) is 5.10. The quantitative estimate of drug-likeness (QED) is 0.841. The molecule has 0 spiro atoms. The van der Waals surface area contributed by atoms with Crippen molar-refractivity contribution >= 4 is 16.5 Å². The van der Waals surface area contributed by atoms with Crippen LogP contribution in [0.15, 0.2) is 29.2 Å². The number of nitrogen functional groups attached to an aromatic ring is 1. The van der Waals surface area contributed by atoms with Gasteiger partial charge in [0.1, 0.15) is 0 Å². The summed E-state index contributed by atoms with van der Waals surface area (Å²) in [5.74, 6) is 0. The maximum Gasteiger partial charge on any atom is 0.0583 e. The van der Waals surface area contributed by atoms with E-state index in [-0.39, 0.29) is 11.4 Å². The summed E-state index contributed by atoms with van der Waals surface area (Å²) in [5.41, 5.74) is 6.34. The molecule has 0 radical (unpaired) electrons. The molecule has 3 atom stereocenters. The fraction of sp³-hybridized carbons (Fsp3) is 0.538. The van der Waals surface area contributed by atoms with E-state index in [2.05, 4.69) is 0 Å². The third kappa shape index (κ3) is 3.07. The molecule has 1 aliphatic carbocycles. The van der Waals surface area contributed by atoms with Crippen molar-refractivity contribution in [3.05, 3.63) is 24.3 Å². The minimum atomic E-state index is -0.936. The number of hydrogen-bond acceptors (Lipinski definition) is 3. The summed E-state index contributed by atoms with van der Waals surface area (Å²) >= 11 is 0. The van der Waals surface area contributed by atoms with Crippen LogP contribution in [0.2, 0.25) is 0 Å². The Balaban J connectivity index is 2.06. The SMILES string of the molecule is COC1CCCC(S(=O)c2ccc(N)cc2)C1. The molecule has 4 heteroatoms. The summed E-state index contributed by atoms with van der Waals surface area (Å²) < 4.78 is 17.8. The van der Waals surface area contributed by atoms with Crippen molar-refractivity contribution < 1.29 is 8.95 Å². The molecule has 1 aromatic carbocycles. The van der Waals surface area contributed by atoms with E-state index in [9.17, 15) is 4.21 Å². The molecule has 0 aromatic heterocycles. The topological polar surface area (TPSA) is 52.3 Å². The van der Waals surface area contributed by atoms with Gasteiger partial charge in [0.15, 0.2) is 0 Å². The van der Waals surface area contributed by atoms with E-state index < -0.39 is 10.8 Å². The van der Waals surface area contributed by atoms with Crippen molar-refractivity contribution in [2.24, 2.45) is 0 Å². The summed E-state index contributed by atoms with van der Waals surface area (Å²) in [7, 11) is 0.799. The minimum absolute atomic E-state index is 0.220. The van der Waals surface area contributed by atoms with E-state index in [1.54, 1.807) is 7.11 Å². The molecule has 0 amide bonds. The van der Waals surface area contributed by atoms with Crippen LogP contribution < -0.4 is 5.73 Å². The van der Waals surface area contributed by atoms with Crippen molar-refractivity contribution in [1.29, 1.82) is 0 Å². The Kier molecular flexibility index (Phi) is 4.18. The van der Waals surface area contributed by atoms with Crippen LogP contribution in [-0.4, -0.2) is 22.7 Å². The Morgan fingerprint density at radius 2 is 2.00 bits per heavy atom. The molecule has 2 N–H and O–H groups in total. The van der Waals surface area contributed by atoms with Crippen LogP contribution in [0.5, 0.6) is 0 Å². The molecular formula is C13H19NO2S. The largest absolute Gasteiger partial charge is 0.399 e. The molecule has 3 nitrogen and oxygen atoms in total. The average Bonchev–Trinajstić information content (AvgIpc) is 2.39. The Bertz CT molecular complexity index is 391. The molecule has 0 aliphatic heterocycles. The normalized spacial score (nSPS) is 26.6. The number of rotatable bonds is 3. The first-order chi connectivity index (χ1) is 8.20. The Hall–Kier alpha value is -0.870. The van der Waals surface area contributed by atoms with Gasteiger partial charge in [0.25, 0.3) is 0 Å². The van der Waals surface area contributed by atoms with Crippen LogP contribution in [0.3, 0.4) is 0 Å². The first kappa shape index (κ1) is 12.6. The molecule has 1 aromatic rings. The van der Waals surface area contributed by atoms with Gasteiger partial charge >= 0.3 is 0 Å². The monoisotopic (exact) mass is 253 g/mol. The molecule has 1 saturated carbocycles. The highest BCUT2D eigenvalue weighted by Crippen LogP contribution is 2.27. The molecule has 17 heavy (non-hydrogen) atoms. The lowest BCUT2D eigenvalue weighted by atomic mass is 9.97. The lowest BCUT2D eigenvalue weighted by Crippen LogP contribution is -2.28. The number of methoxy groups -OCH3 is 1. The highest BCUT2D eigenvalue weighted by Gasteiger charge is 2.26. The fourth-order valence-corrected chi connectivity index (χ4v) is 3.86. The smallest absolute Gasteiger partial charge is 0.0583 e. The molecule has 3 unspecified atom stereocenters. The lowest BCUT2D eigenvalue weighted by molar-refractivity contribution is 0.0725. The first-order valence-electron chi connectivity index (χ1n) is 5.99. The van der Waals surface area contributed by atoms with Crippen molar-refractivity contribution in [2.45, 2.75) is 41.9 Å². The molecule has 2 rings (SSSR count). The summed E-state index contributed by atoms with van der Waals surface area (Å²) in [6.07, 6.45) is 4.38. The van der Waals surface area contributed by atoms with Crippen LogP contribution in [0, 0.1) is 0 Å². The summed E-state index contributed by atoms with van der Waals surface area (Å²) in [6, 6.07) is 7.34. The fourth-order valence-electron chi connectivity index (χ4n) is 2.31. The van der Waals surface area contributed by atoms with Crippen molar-refractivity contribution in [3.63, 3.8) is 0 Å². The van der Waals surface area contributed by atoms with Crippen LogP contribution in [0.1, 0.15) is 25.7 Å². The van der Waals surface area contributed by atoms with Gasteiger partial charge < -0.3 is 10.5 Å². The second-order valence-electron chi connectivity index (χ2n) is 4.51. The standard InChI is InChI=1S/C13H19NO2S/c1-16-11-3-2-4-13(9-11)17(15)12-7-5-10(14)6-8-12/h5-8,11,13H,2-4,9,14H2,1H3. The second-order valence-corrected chi connectivity index (χ2v) is 6.25. The van der Waals surface area contributed by atoms with Gasteiger partial charge in [-0.1, -0.05) is 0 Å². The van der Waals surface area contributed by atoms with E-state index in [1.165, 1.54) is 0 Å². The van der Waals surface area contributed by atoms with E-state index >= 15 is 0 Å². The van der Waals surface area contributed by atoms with E-state index in [1.807, 2.05) is 24.3 Å². The molecular weight excluding hydrogens is 234 g/mol. The van der Waals surface area contributed by atoms with E-state index in [4.69, 9.17) is 10.5 Å². The van der Waals surface area contributed by atoms with Gasteiger partial charge in [0, 0.05) is 22.9 Å². The molecule has 1 aliphatic rings. The van der Waals surface area contributed by atoms with Gasteiger partial charge in [-0.3, -0.25) is 4.21 Å². The molecule has 0 saturated heterocycles. The molecule has 94 valence electrons. The summed E-state index contributed by atoms with van der Waals surface area (Å²) in [4.78, 5) is 0.876. The number of ether oxygens (including phenoxy) is 1. The number of nitrogens with two attached hydrogens (primary N) is 1. The Morgan fingerprint density at radius 1 is 1.29 bits per heavy atom. The van der Waals surface area contributed by atoms with Gasteiger partial charge in [-0.15, -0.1) is 0 Å². The number of benzene rings is 1. The maximum absolute atomic E-state index is 12.4. The number of hydrogen-bond donors (Lipinski definition) is 1. The van der Waals surface area contributed by atoms with Gasteiger partial charge in [-0.05, 0) is 49.9 Å². The van der Waals surface area contributed by atoms with E-state index in [0.717, 1.165) is 30.6 Å². The lowest BCUT2D eigenvalue weighted by Gasteiger charge is -2.27. The Morgan fingerprint density at radius 3 is 2.65 bits per heavy atom. The van der Waals surface area contributed by atoms with Gasteiger partial charge in [0.2, 0.25) is 0 Å². The summed E-state index contributed by atoms with van der Waals surface area (Å²) in [5, 5.41) is 0.220. The highest BCUT2D eigenvalue weighted by atomic mass is 32.2. The van der Waals surface area contributed by atoms with Crippen LogP contribution >= 0.6 is 0 Å². The first-order valence-corrected chi connectivity index (χ1v) is 7.21. The zero-order chi connectivity index (χ0) is 12.3. The predicted molar refractivity (Wildman–Crippen MR) is 70.3 cm³/mol. The minimum Gasteiger partial charge on any atom is -0.399 e. The van der Waals surface area contributed by atoms with Crippen molar-refractivity contribution in [3.8, 4) is 0 Å². The molecule has 1 fully saturated rings. The highest BCUT2D eigenvalue weighted by molar-refractivity contribution is 7.85. The van der Waals surface area contributed by atoms with Crippen molar-refractivity contribution in [2.75, 3.05) is 12.8 Å². The van der Waals surface area contributed by atoms with Gasteiger partial charge in [-0.25, -0.2) is 0 Å². The molecule has 0 bridgehead atoms. The Labute approximate surface area is 105 Å². The van der Waals surface area contributed by atoms with Gasteiger partial charge in [0.05, 0.1) is 16.9 Å². The van der Waals surface area contributed by atoms with Crippen LogP contribution in [-0.2, 0) is 15.5 Å². The van der Waals surface area contributed by atoms with E-state index in [0.29, 0.717) is 5.69 Å². The predicted octanol–water partition coefficient (Wildman–Crippen LogP) is 2.33. The summed E-state index contributed by atoms with van der Waals surface area (Å²) in [6.45, 7) is 0. The zero-order valence-electron chi connectivity index (χ0n) is 10.1. The van der Waals surface area contributed by atoms with Crippen LogP contribution in [0.4, 0.5) is 5.69 Å². The third-order valence-electron chi connectivity index (χ3n) is 3.33. The average molecular weight is 253 g/mol. The number of anilines is 1. The van der Waals surface area contributed by atoms with Crippen LogP contribution in [0.25, 0.3) is 0 Å². The zero-order valence-corrected chi connectivity index (χ0v) is 10.9.